The molecule has 2 rings (SSSR count). The van der Waals surface area contributed by atoms with Gasteiger partial charge in [-0.3, -0.25) is 0 Å². The summed E-state index contributed by atoms with van der Waals surface area (Å²) < 4.78 is 1.00. The van der Waals surface area contributed by atoms with Gasteiger partial charge in [-0.2, -0.15) is 0 Å². The Balaban J connectivity index is 2.23. The Morgan fingerprint density at radius 1 is 1.21 bits per heavy atom. The number of halogens is 2. The Kier molecular flexibility index (Phi) is 4.89. The van der Waals surface area contributed by atoms with Crippen LogP contribution in [0.1, 0.15) is 31.0 Å². The van der Waals surface area contributed by atoms with Crippen molar-refractivity contribution in [3.05, 3.63) is 63.1 Å². The van der Waals surface area contributed by atoms with E-state index in [1.54, 1.807) is 0 Å². The van der Waals surface area contributed by atoms with Crippen LogP contribution < -0.4 is 5.32 Å². The topological polar surface area (TPSA) is 12.0 Å². The molecule has 0 amide bonds. The molecule has 3 heteroatoms. The van der Waals surface area contributed by atoms with Crippen molar-refractivity contribution < 1.29 is 0 Å². The number of rotatable bonds is 4. The van der Waals surface area contributed by atoms with Gasteiger partial charge in [-0.25, -0.2) is 0 Å². The molecule has 0 aliphatic heterocycles. The monoisotopic (exact) mass is 337 g/mol. The average Bonchev–Trinajstić information content (AvgIpc) is 2.39. The highest BCUT2D eigenvalue weighted by Crippen LogP contribution is 2.29. The van der Waals surface area contributed by atoms with Gasteiger partial charge in [0.2, 0.25) is 0 Å². The van der Waals surface area contributed by atoms with E-state index >= 15 is 0 Å². The summed E-state index contributed by atoms with van der Waals surface area (Å²) in [4.78, 5) is 0. The van der Waals surface area contributed by atoms with Crippen LogP contribution in [0.4, 0.5) is 5.69 Å². The largest absolute Gasteiger partial charge is 0.378 e. The molecule has 19 heavy (non-hydrogen) atoms. The number of para-hydroxylation sites is 1. The van der Waals surface area contributed by atoms with Crippen LogP contribution in [0.5, 0.6) is 0 Å². The molecule has 0 fully saturated rings. The van der Waals surface area contributed by atoms with E-state index in [0.29, 0.717) is 0 Å². The maximum atomic E-state index is 6.29. The minimum Gasteiger partial charge on any atom is -0.378 e. The van der Waals surface area contributed by atoms with E-state index in [0.717, 1.165) is 21.5 Å². The van der Waals surface area contributed by atoms with E-state index < -0.39 is 0 Å². The molecule has 1 atom stereocenters. The molecule has 2 aromatic rings. The molecule has 1 nitrogen and oxygen atoms in total. The number of anilines is 1. The lowest BCUT2D eigenvalue weighted by Crippen LogP contribution is -2.08. The summed E-state index contributed by atoms with van der Waals surface area (Å²) in [6.45, 7) is 4.29. The van der Waals surface area contributed by atoms with E-state index in [9.17, 15) is 0 Å². The number of benzene rings is 2. The number of nitrogens with one attached hydrogen (secondary N) is 1. The first kappa shape index (κ1) is 14.4. The summed E-state index contributed by atoms with van der Waals surface area (Å²) in [5.41, 5.74) is 3.61. The molecule has 0 saturated heterocycles. The summed E-state index contributed by atoms with van der Waals surface area (Å²) in [5, 5.41) is 4.32. The van der Waals surface area contributed by atoms with Gasteiger partial charge in [0, 0.05) is 15.2 Å². The maximum Gasteiger partial charge on any atom is 0.0500 e. The minimum atomic E-state index is 0.174. The van der Waals surface area contributed by atoms with Gasteiger partial charge in [-0.15, -0.1) is 0 Å². The van der Waals surface area contributed by atoms with Crippen molar-refractivity contribution in [1.82, 2.24) is 0 Å². The van der Waals surface area contributed by atoms with E-state index in [-0.39, 0.29) is 6.04 Å². The standard InChI is InChI=1S/C16H17BrClN/c1-3-12-6-4-5-7-16(12)19-11(2)14-9-8-13(17)10-15(14)18/h4-11,19H,3H2,1-2H3. The summed E-state index contributed by atoms with van der Waals surface area (Å²) in [5.74, 6) is 0. The zero-order chi connectivity index (χ0) is 13.8. The molecule has 2 aromatic carbocycles. The van der Waals surface area contributed by atoms with Gasteiger partial charge in [0.05, 0.1) is 6.04 Å². The van der Waals surface area contributed by atoms with Crippen molar-refractivity contribution in [3.63, 3.8) is 0 Å². The van der Waals surface area contributed by atoms with E-state index in [1.165, 1.54) is 11.3 Å². The smallest absolute Gasteiger partial charge is 0.0500 e. The Labute approximate surface area is 128 Å². The first-order valence-electron chi connectivity index (χ1n) is 6.41. The van der Waals surface area contributed by atoms with Gasteiger partial charge in [0.1, 0.15) is 0 Å². The Morgan fingerprint density at radius 2 is 1.95 bits per heavy atom. The highest BCUT2D eigenvalue weighted by atomic mass is 79.9. The normalized spacial score (nSPS) is 12.2. The molecule has 100 valence electrons. The Bertz CT molecular complexity index is 568. The van der Waals surface area contributed by atoms with Crippen molar-refractivity contribution in [2.45, 2.75) is 26.3 Å². The van der Waals surface area contributed by atoms with Gasteiger partial charge in [-0.05, 0) is 42.7 Å². The predicted octanol–water partition coefficient (Wildman–Crippen LogP) is 5.84. The quantitative estimate of drug-likeness (QED) is 0.738. The highest BCUT2D eigenvalue weighted by molar-refractivity contribution is 9.10. The second-order valence-electron chi connectivity index (χ2n) is 4.54. The lowest BCUT2D eigenvalue weighted by Gasteiger charge is -2.19. The average molecular weight is 339 g/mol. The van der Waals surface area contributed by atoms with E-state index in [2.05, 4.69) is 65.4 Å². The SMILES string of the molecule is CCc1ccccc1NC(C)c1ccc(Br)cc1Cl. The van der Waals surface area contributed by atoms with Crippen molar-refractivity contribution in [3.8, 4) is 0 Å². The van der Waals surface area contributed by atoms with Crippen LogP contribution in [0.25, 0.3) is 0 Å². The van der Waals surface area contributed by atoms with Gasteiger partial charge < -0.3 is 5.32 Å². The molecule has 0 aliphatic carbocycles. The molecule has 1 N–H and O–H groups in total. The van der Waals surface area contributed by atoms with Crippen molar-refractivity contribution in [2.24, 2.45) is 0 Å². The highest BCUT2D eigenvalue weighted by Gasteiger charge is 2.11. The summed E-state index contributed by atoms with van der Waals surface area (Å²) in [6.07, 6.45) is 1.02. The van der Waals surface area contributed by atoms with Crippen LogP contribution >= 0.6 is 27.5 Å². The van der Waals surface area contributed by atoms with Crippen molar-refractivity contribution in [2.75, 3.05) is 5.32 Å². The fourth-order valence-electron chi connectivity index (χ4n) is 2.13. The summed E-state index contributed by atoms with van der Waals surface area (Å²) in [6, 6.07) is 14.6. The van der Waals surface area contributed by atoms with Crippen molar-refractivity contribution >= 4 is 33.2 Å². The number of hydrogen-bond donors (Lipinski definition) is 1. The second kappa shape index (κ2) is 6.44. The summed E-state index contributed by atoms with van der Waals surface area (Å²) in [7, 11) is 0. The molecule has 0 saturated carbocycles. The van der Waals surface area contributed by atoms with Crippen LogP contribution in [0.3, 0.4) is 0 Å². The van der Waals surface area contributed by atoms with Gasteiger partial charge >= 0.3 is 0 Å². The molecule has 0 heterocycles. The van der Waals surface area contributed by atoms with Crippen LogP contribution in [-0.2, 0) is 6.42 Å². The van der Waals surface area contributed by atoms with Gasteiger partial charge in [-0.1, -0.05) is 58.7 Å². The Morgan fingerprint density at radius 3 is 2.63 bits per heavy atom. The second-order valence-corrected chi connectivity index (χ2v) is 5.87. The fraction of sp³-hybridized carbons (Fsp3) is 0.250. The molecule has 0 aromatic heterocycles. The zero-order valence-electron chi connectivity index (χ0n) is 11.1. The van der Waals surface area contributed by atoms with E-state index in [4.69, 9.17) is 11.6 Å². The zero-order valence-corrected chi connectivity index (χ0v) is 13.4. The van der Waals surface area contributed by atoms with Gasteiger partial charge in [0.15, 0.2) is 0 Å². The molecule has 1 unspecified atom stereocenters. The van der Waals surface area contributed by atoms with E-state index in [1.807, 2.05) is 12.1 Å². The lowest BCUT2D eigenvalue weighted by molar-refractivity contribution is 0.879. The first-order valence-corrected chi connectivity index (χ1v) is 7.58. The molecular weight excluding hydrogens is 322 g/mol. The van der Waals surface area contributed by atoms with Crippen LogP contribution in [0.2, 0.25) is 5.02 Å². The van der Waals surface area contributed by atoms with Crippen LogP contribution in [0.15, 0.2) is 46.9 Å². The van der Waals surface area contributed by atoms with Crippen LogP contribution in [0, 0.1) is 0 Å². The minimum absolute atomic E-state index is 0.174. The van der Waals surface area contributed by atoms with Gasteiger partial charge in [0.25, 0.3) is 0 Å². The third-order valence-electron chi connectivity index (χ3n) is 3.20. The molecule has 0 radical (unpaired) electrons. The third-order valence-corrected chi connectivity index (χ3v) is 4.02. The number of hydrogen-bond acceptors (Lipinski definition) is 1. The molecule has 0 aliphatic rings. The Hall–Kier alpha value is -0.990. The lowest BCUT2D eigenvalue weighted by atomic mass is 10.1. The third kappa shape index (κ3) is 3.52. The molecule has 0 spiro atoms. The summed E-state index contributed by atoms with van der Waals surface area (Å²) >= 11 is 9.72. The predicted molar refractivity (Wildman–Crippen MR) is 87.0 cm³/mol. The first-order chi connectivity index (χ1) is 9.11. The van der Waals surface area contributed by atoms with Crippen molar-refractivity contribution in [1.29, 1.82) is 0 Å². The van der Waals surface area contributed by atoms with Crippen LogP contribution in [-0.4, -0.2) is 0 Å². The maximum absolute atomic E-state index is 6.29. The molecule has 0 bridgehead atoms. The number of aryl methyl sites for hydroxylation is 1. The molecular formula is C16H17BrClN. The fourth-order valence-corrected chi connectivity index (χ4v) is 2.97.